The monoisotopic (exact) mass is 393 g/mol. The van der Waals surface area contributed by atoms with Crippen LogP contribution in [-0.4, -0.2) is 17.4 Å². The van der Waals surface area contributed by atoms with E-state index in [-0.39, 0.29) is 22.1 Å². The second kappa shape index (κ2) is 6.94. The zero-order valence-electron chi connectivity index (χ0n) is 14.7. The molecule has 28 heavy (non-hydrogen) atoms. The zero-order chi connectivity index (χ0) is 19.7. The van der Waals surface area contributed by atoms with Gasteiger partial charge in [-0.25, -0.2) is 21.8 Å². The summed E-state index contributed by atoms with van der Waals surface area (Å²) in [5, 5.41) is 0. The molecular formula is C21H16FN3O2S. The Balaban J connectivity index is 1.84. The second-order valence-corrected chi connectivity index (χ2v) is 7.93. The first-order valence-corrected chi connectivity index (χ1v) is 9.91. The van der Waals surface area contributed by atoms with Gasteiger partial charge in [0.05, 0.1) is 16.8 Å². The van der Waals surface area contributed by atoms with Crippen LogP contribution in [0.3, 0.4) is 0 Å². The first-order chi connectivity index (χ1) is 13.5. The highest BCUT2D eigenvalue weighted by molar-refractivity contribution is 7.90. The summed E-state index contributed by atoms with van der Waals surface area (Å²) in [6, 6.07) is 21.8. The number of aromatic nitrogens is 2. The van der Waals surface area contributed by atoms with Crippen LogP contribution in [0, 0.1) is 5.82 Å². The molecule has 0 radical (unpaired) electrons. The molecule has 0 saturated carbocycles. The lowest BCUT2D eigenvalue weighted by molar-refractivity contribution is 0.588. The molecule has 0 bridgehead atoms. The molecule has 1 heterocycles. The topological polar surface area (TPSA) is 78.0 Å². The average molecular weight is 393 g/mol. The normalized spacial score (nSPS) is 11.5. The largest absolute Gasteiger partial charge is 0.368 e. The quantitative estimate of drug-likeness (QED) is 0.564. The number of nitrogens with zero attached hydrogens (tertiary/aromatic N) is 2. The summed E-state index contributed by atoms with van der Waals surface area (Å²) in [4.78, 5) is 3.95. The van der Waals surface area contributed by atoms with Crippen molar-refractivity contribution in [1.82, 2.24) is 8.96 Å². The van der Waals surface area contributed by atoms with Gasteiger partial charge >= 0.3 is 0 Å². The molecule has 0 atom stereocenters. The number of nitrogen functional groups attached to an aromatic ring is 1. The lowest BCUT2D eigenvalue weighted by Crippen LogP contribution is -2.17. The predicted molar refractivity (Wildman–Crippen MR) is 106 cm³/mol. The van der Waals surface area contributed by atoms with Gasteiger partial charge in [-0.2, -0.15) is 0 Å². The van der Waals surface area contributed by atoms with Crippen molar-refractivity contribution in [2.75, 3.05) is 5.73 Å². The van der Waals surface area contributed by atoms with Crippen molar-refractivity contribution in [3.05, 3.63) is 90.9 Å². The Morgan fingerprint density at radius 3 is 2.14 bits per heavy atom. The van der Waals surface area contributed by atoms with E-state index in [1.165, 1.54) is 30.5 Å². The highest BCUT2D eigenvalue weighted by Crippen LogP contribution is 2.31. The van der Waals surface area contributed by atoms with Gasteiger partial charge in [-0.05, 0) is 35.4 Å². The SMILES string of the molecule is Nc1ncc(-c2ccc(-c3ccccc3)cc2F)n1S(=O)(=O)c1ccccc1. The van der Waals surface area contributed by atoms with E-state index in [4.69, 9.17) is 5.73 Å². The van der Waals surface area contributed by atoms with E-state index in [1.54, 1.807) is 24.3 Å². The van der Waals surface area contributed by atoms with E-state index in [2.05, 4.69) is 4.98 Å². The maximum atomic E-state index is 14.9. The highest BCUT2D eigenvalue weighted by atomic mass is 32.2. The minimum Gasteiger partial charge on any atom is -0.368 e. The van der Waals surface area contributed by atoms with Crippen molar-refractivity contribution in [3.63, 3.8) is 0 Å². The molecule has 0 fully saturated rings. The number of rotatable bonds is 4. The van der Waals surface area contributed by atoms with Crippen LogP contribution in [0.25, 0.3) is 22.4 Å². The van der Waals surface area contributed by atoms with E-state index >= 15 is 0 Å². The number of halogens is 1. The van der Waals surface area contributed by atoms with Crippen LogP contribution in [0.2, 0.25) is 0 Å². The third kappa shape index (κ3) is 3.05. The van der Waals surface area contributed by atoms with Crippen LogP contribution < -0.4 is 5.73 Å². The van der Waals surface area contributed by atoms with Gasteiger partial charge in [0.25, 0.3) is 10.0 Å². The molecule has 7 heteroatoms. The molecule has 0 aliphatic carbocycles. The molecule has 140 valence electrons. The van der Waals surface area contributed by atoms with E-state index in [1.807, 2.05) is 30.3 Å². The Kier molecular flexibility index (Phi) is 4.44. The lowest BCUT2D eigenvalue weighted by atomic mass is 10.0. The molecule has 0 aliphatic heterocycles. The van der Waals surface area contributed by atoms with Crippen molar-refractivity contribution in [2.45, 2.75) is 4.90 Å². The molecule has 1 aromatic heterocycles. The second-order valence-electron chi connectivity index (χ2n) is 6.14. The van der Waals surface area contributed by atoms with Crippen molar-refractivity contribution in [1.29, 1.82) is 0 Å². The molecule has 0 spiro atoms. The zero-order valence-corrected chi connectivity index (χ0v) is 15.5. The Bertz CT molecular complexity index is 1240. The molecule has 0 unspecified atom stereocenters. The van der Waals surface area contributed by atoms with Crippen molar-refractivity contribution < 1.29 is 12.8 Å². The maximum absolute atomic E-state index is 14.9. The van der Waals surface area contributed by atoms with Gasteiger partial charge in [-0.3, -0.25) is 0 Å². The van der Waals surface area contributed by atoms with Crippen LogP contribution in [0.1, 0.15) is 0 Å². The number of nitrogens with two attached hydrogens (primary N) is 1. The molecule has 4 aromatic rings. The van der Waals surface area contributed by atoms with Gasteiger partial charge in [-0.1, -0.05) is 54.6 Å². The summed E-state index contributed by atoms with van der Waals surface area (Å²) in [7, 11) is -4.02. The van der Waals surface area contributed by atoms with Crippen LogP contribution in [0.5, 0.6) is 0 Å². The van der Waals surface area contributed by atoms with Crippen molar-refractivity contribution in [3.8, 4) is 22.4 Å². The standard InChI is InChI=1S/C21H16FN3O2S/c22-19-13-16(15-7-3-1-4-8-15)11-12-18(19)20-14-24-21(23)25(20)28(26,27)17-9-5-2-6-10-17/h1-14H,(H2,23,24). The molecule has 5 nitrogen and oxygen atoms in total. The Hall–Kier alpha value is -3.45. The molecule has 4 rings (SSSR count). The smallest absolute Gasteiger partial charge is 0.271 e. The van der Waals surface area contributed by atoms with Crippen LogP contribution >= 0.6 is 0 Å². The summed E-state index contributed by atoms with van der Waals surface area (Å²) in [6.07, 6.45) is 1.26. The highest BCUT2D eigenvalue weighted by Gasteiger charge is 2.25. The summed E-state index contributed by atoms with van der Waals surface area (Å²) in [6.45, 7) is 0. The Labute approximate surface area is 162 Å². The van der Waals surface area contributed by atoms with Crippen molar-refractivity contribution in [2.24, 2.45) is 0 Å². The first-order valence-electron chi connectivity index (χ1n) is 8.47. The fourth-order valence-electron chi connectivity index (χ4n) is 3.02. The van der Waals surface area contributed by atoms with Gasteiger partial charge < -0.3 is 5.73 Å². The fraction of sp³-hybridized carbons (Fsp3) is 0. The number of hydrogen-bond acceptors (Lipinski definition) is 4. The number of hydrogen-bond donors (Lipinski definition) is 1. The van der Waals surface area contributed by atoms with Crippen LogP contribution in [-0.2, 0) is 10.0 Å². The third-order valence-electron chi connectivity index (χ3n) is 4.38. The maximum Gasteiger partial charge on any atom is 0.271 e. The Morgan fingerprint density at radius 2 is 1.50 bits per heavy atom. The van der Waals surface area contributed by atoms with Crippen LogP contribution in [0.15, 0.2) is 90.0 Å². The molecule has 2 N–H and O–H groups in total. The molecule has 0 amide bonds. The average Bonchev–Trinajstić information content (AvgIpc) is 3.11. The predicted octanol–water partition coefficient (Wildman–Crippen LogP) is 4.18. The minimum absolute atomic E-state index is 0.0438. The van der Waals surface area contributed by atoms with E-state index < -0.39 is 15.8 Å². The number of imidazole rings is 1. The Morgan fingerprint density at radius 1 is 0.857 bits per heavy atom. The van der Waals surface area contributed by atoms with Gasteiger partial charge in [0.2, 0.25) is 5.95 Å². The van der Waals surface area contributed by atoms with Gasteiger partial charge in [-0.15, -0.1) is 0 Å². The fourth-order valence-corrected chi connectivity index (χ4v) is 4.43. The van der Waals surface area contributed by atoms with Gasteiger partial charge in [0.1, 0.15) is 5.82 Å². The molecular weight excluding hydrogens is 377 g/mol. The molecule has 0 saturated heterocycles. The minimum atomic E-state index is -4.02. The number of benzene rings is 3. The van der Waals surface area contributed by atoms with Gasteiger partial charge in [0, 0.05) is 5.56 Å². The lowest BCUT2D eigenvalue weighted by Gasteiger charge is -2.12. The van der Waals surface area contributed by atoms with Crippen LogP contribution in [0.4, 0.5) is 10.3 Å². The van der Waals surface area contributed by atoms with Crippen molar-refractivity contribution >= 4 is 16.0 Å². The van der Waals surface area contributed by atoms with E-state index in [9.17, 15) is 12.8 Å². The molecule has 0 aliphatic rings. The van der Waals surface area contributed by atoms with E-state index in [0.29, 0.717) is 5.56 Å². The summed E-state index contributed by atoms with van der Waals surface area (Å²) >= 11 is 0. The third-order valence-corrected chi connectivity index (χ3v) is 6.11. The van der Waals surface area contributed by atoms with E-state index in [0.717, 1.165) is 9.54 Å². The van der Waals surface area contributed by atoms with Gasteiger partial charge in [0.15, 0.2) is 0 Å². The first kappa shape index (κ1) is 17.9. The summed E-state index contributed by atoms with van der Waals surface area (Å²) in [5.74, 6) is -0.795. The molecule has 3 aromatic carbocycles. The summed E-state index contributed by atoms with van der Waals surface area (Å²) in [5.41, 5.74) is 7.54. The number of anilines is 1. The summed E-state index contributed by atoms with van der Waals surface area (Å²) < 4.78 is 41.8.